The number of aromatic nitrogens is 2. The molecule has 0 radical (unpaired) electrons. The van der Waals surface area contributed by atoms with E-state index in [1.807, 2.05) is 6.92 Å². The fourth-order valence-corrected chi connectivity index (χ4v) is 0.832. The van der Waals surface area contributed by atoms with Gasteiger partial charge in [-0.05, 0) is 12.8 Å². The van der Waals surface area contributed by atoms with Gasteiger partial charge in [0.2, 0.25) is 0 Å². The maximum atomic E-state index is 11.4. The number of amides is 1. The summed E-state index contributed by atoms with van der Waals surface area (Å²) in [5, 5.41) is 9.19. The van der Waals surface area contributed by atoms with E-state index in [4.69, 9.17) is 0 Å². The molecule has 1 aromatic rings. The molecule has 0 bridgehead atoms. The molecule has 1 heterocycles. The first-order chi connectivity index (χ1) is 6.11. The van der Waals surface area contributed by atoms with Crippen molar-refractivity contribution >= 4 is 5.91 Å². The highest BCUT2D eigenvalue weighted by Crippen LogP contribution is 2.01. The smallest absolute Gasteiger partial charge is 0.254 e. The highest BCUT2D eigenvalue weighted by atomic mass is 16.1. The van der Waals surface area contributed by atoms with Gasteiger partial charge < -0.3 is 5.32 Å². The second kappa shape index (κ2) is 4.07. The molecule has 0 saturated heterocycles. The van der Waals surface area contributed by atoms with Crippen molar-refractivity contribution in [2.24, 2.45) is 5.92 Å². The second-order valence-corrected chi connectivity index (χ2v) is 3.49. The molecule has 0 aliphatic rings. The third-order valence-corrected chi connectivity index (χ3v) is 2.12. The molecule has 4 nitrogen and oxygen atoms in total. The Kier molecular flexibility index (Phi) is 3.06. The topological polar surface area (TPSA) is 57.8 Å². The molecule has 2 N–H and O–H groups in total. The lowest BCUT2D eigenvalue weighted by molar-refractivity contribution is 0.0930. The molecule has 1 amide bonds. The van der Waals surface area contributed by atoms with E-state index >= 15 is 0 Å². The molecule has 0 fully saturated rings. The van der Waals surface area contributed by atoms with Crippen molar-refractivity contribution in [3.05, 3.63) is 18.0 Å². The zero-order chi connectivity index (χ0) is 9.84. The lowest BCUT2D eigenvalue weighted by Gasteiger charge is -2.16. The van der Waals surface area contributed by atoms with Crippen LogP contribution in [-0.4, -0.2) is 22.1 Å². The summed E-state index contributed by atoms with van der Waals surface area (Å²) in [7, 11) is 0. The van der Waals surface area contributed by atoms with Crippen molar-refractivity contribution in [1.29, 1.82) is 0 Å². The number of carbonyl (C=O) groups is 1. The molecule has 0 aliphatic heterocycles. The maximum Gasteiger partial charge on any atom is 0.254 e. The van der Waals surface area contributed by atoms with E-state index in [9.17, 15) is 4.79 Å². The van der Waals surface area contributed by atoms with E-state index < -0.39 is 0 Å². The quantitative estimate of drug-likeness (QED) is 0.735. The van der Waals surface area contributed by atoms with E-state index in [1.54, 1.807) is 6.20 Å². The van der Waals surface area contributed by atoms with E-state index in [2.05, 4.69) is 29.4 Å². The van der Waals surface area contributed by atoms with Gasteiger partial charge in [-0.15, -0.1) is 0 Å². The van der Waals surface area contributed by atoms with Crippen LogP contribution in [0.2, 0.25) is 0 Å². The molecule has 4 heteroatoms. The van der Waals surface area contributed by atoms with E-state index in [0.29, 0.717) is 11.5 Å². The molecule has 0 aromatic carbocycles. The summed E-state index contributed by atoms with van der Waals surface area (Å²) in [6, 6.07) is 0.183. The second-order valence-electron chi connectivity index (χ2n) is 3.49. The molecule has 1 rings (SSSR count). The van der Waals surface area contributed by atoms with E-state index in [0.717, 1.165) is 0 Å². The van der Waals surface area contributed by atoms with Crippen LogP contribution in [0.4, 0.5) is 0 Å². The number of aromatic amines is 1. The summed E-state index contributed by atoms with van der Waals surface area (Å²) < 4.78 is 0. The summed E-state index contributed by atoms with van der Waals surface area (Å²) in [4.78, 5) is 11.4. The lowest BCUT2D eigenvalue weighted by Crippen LogP contribution is -2.35. The molecule has 72 valence electrons. The Bertz CT molecular complexity index is 266. The Morgan fingerprint density at radius 1 is 1.54 bits per heavy atom. The van der Waals surface area contributed by atoms with Gasteiger partial charge >= 0.3 is 0 Å². The SMILES string of the molecule is CC(C)C(C)NC(=O)c1cn[nH]c1. The molecule has 1 aromatic heterocycles. The lowest BCUT2D eigenvalue weighted by atomic mass is 10.1. The maximum absolute atomic E-state index is 11.4. The molecule has 0 aliphatic carbocycles. The minimum atomic E-state index is -0.0741. The van der Waals surface area contributed by atoms with Gasteiger partial charge in [-0.3, -0.25) is 9.89 Å². The molecular formula is C9H15N3O. The standard InChI is InChI=1S/C9H15N3O/c1-6(2)7(3)12-9(13)8-4-10-11-5-8/h4-7H,1-3H3,(H,10,11)(H,12,13). The Morgan fingerprint density at radius 2 is 2.23 bits per heavy atom. The van der Waals surface area contributed by atoms with Gasteiger partial charge in [-0.2, -0.15) is 5.10 Å². The van der Waals surface area contributed by atoms with Crippen molar-refractivity contribution in [3.8, 4) is 0 Å². The van der Waals surface area contributed by atoms with Crippen LogP contribution in [0.1, 0.15) is 31.1 Å². The minimum Gasteiger partial charge on any atom is -0.349 e. The number of hydrogen-bond acceptors (Lipinski definition) is 2. The molecule has 0 saturated carbocycles. The van der Waals surface area contributed by atoms with Gasteiger partial charge in [0.25, 0.3) is 5.91 Å². The van der Waals surface area contributed by atoms with Crippen LogP contribution in [0.5, 0.6) is 0 Å². The highest BCUT2D eigenvalue weighted by molar-refractivity contribution is 5.93. The monoisotopic (exact) mass is 181 g/mol. The van der Waals surface area contributed by atoms with Crippen molar-refractivity contribution in [2.75, 3.05) is 0 Å². The number of carbonyl (C=O) groups excluding carboxylic acids is 1. The van der Waals surface area contributed by atoms with Gasteiger partial charge in [0.05, 0.1) is 11.8 Å². The molecular weight excluding hydrogens is 166 g/mol. The first-order valence-corrected chi connectivity index (χ1v) is 4.41. The summed E-state index contributed by atoms with van der Waals surface area (Å²) in [5.74, 6) is 0.366. The van der Waals surface area contributed by atoms with Gasteiger partial charge in [0.1, 0.15) is 0 Å². The first-order valence-electron chi connectivity index (χ1n) is 4.41. The first kappa shape index (κ1) is 9.77. The number of H-pyrrole nitrogens is 1. The summed E-state index contributed by atoms with van der Waals surface area (Å²) in [5.41, 5.74) is 0.576. The van der Waals surface area contributed by atoms with Gasteiger partial charge in [0, 0.05) is 12.2 Å². The van der Waals surface area contributed by atoms with E-state index in [-0.39, 0.29) is 11.9 Å². The van der Waals surface area contributed by atoms with Crippen LogP contribution in [0.3, 0.4) is 0 Å². The van der Waals surface area contributed by atoms with Crippen LogP contribution in [-0.2, 0) is 0 Å². The predicted molar refractivity (Wildman–Crippen MR) is 50.4 cm³/mol. The third kappa shape index (κ3) is 2.57. The zero-order valence-electron chi connectivity index (χ0n) is 8.16. The number of nitrogens with zero attached hydrogens (tertiary/aromatic N) is 1. The molecule has 1 atom stereocenters. The third-order valence-electron chi connectivity index (χ3n) is 2.12. The van der Waals surface area contributed by atoms with Gasteiger partial charge in [-0.1, -0.05) is 13.8 Å². The molecule has 0 spiro atoms. The van der Waals surface area contributed by atoms with Crippen LogP contribution >= 0.6 is 0 Å². The summed E-state index contributed by atoms with van der Waals surface area (Å²) in [6.07, 6.45) is 3.10. The predicted octanol–water partition coefficient (Wildman–Crippen LogP) is 1.18. The van der Waals surface area contributed by atoms with Crippen molar-refractivity contribution in [2.45, 2.75) is 26.8 Å². The molecule has 13 heavy (non-hydrogen) atoms. The fraction of sp³-hybridized carbons (Fsp3) is 0.556. The average molecular weight is 181 g/mol. The van der Waals surface area contributed by atoms with Gasteiger partial charge in [0.15, 0.2) is 0 Å². The molecule has 1 unspecified atom stereocenters. The van der Waals surface area contributed by atoms with Crippen LogP contribution < -0.4 is 5.32 Å². The highest BCUT2D eigenvalue weighted by Gasteiger charge is 2.12. The Labute approximate surface area is 77.7 Å². The number of nitrogens with one attached hydrogen (secondary N) is 2. The summed E-state index contributed by atoms with van der Waals surface area (Å²) in [6.45, 7) is 6.13. The Balaban J connectivity index is 2.52. The zero-order valence-corrected chi connectivity index (χ0v) is 8.16. The van der Waals surface area contributed by atoms with Crippen molar-refractivity contribution in [1.82, 2.24) is 15.5 Å². The van der Waals surface area contributed by atoms with Crippen LogP contribution in [0, 0.1) is 5.92 Å². The number of rotatable bonds is 3. The van der Waals surface area contributed by atoms with Crippen LogP contribution in [0.25, 0.3) is 0 Å². The Morgan fingerprint density at radius 3 is 2.69 bits per heavy atom. The Hall–Kier alpha value is -1.32. The van der Waals surface area contributed by atoms with Crippen LogP contribution in [0.15, 0.2) is 12.4 Å². The average Bonchev–Trinajstić information content (AvgIpc) is 2.55. The number of hydrogen-bond donors (Lipinski definition) is 2. The minimum absolute atomic E-state index is 0.0741. The fourth-order valence-electron chi connectivity index (χ4n) is 0.832. The van der Waals surface area contributed by atoms with Gasteiger partial charge in [-0.25, -0.2) is 0 Å². The summed E-state index contributed by atoms with van der Waals surface area (Å²) >= 11 is 0. The van der Waals surface area contributed by atoms with Crippen molar-refractivity contribution < 1.29 is 4.79 Å². The van der Waals surface area contributed by atoms with Crippen molar-refractivity contribution in [3.63, 3.8) is 0 Å². The largest absolute Gasteiger partial charge is 0.349 e. The van der Waals surface area contributed by atoms with E-state index in [1.165, 1.54) is 6.20 Å². The normalized spacial score (nSPS) is 12.9.